The summed E-state index contributed by atoms with van der Waals surface area (Å²) in [5.74, 6) is -3.24. The number of benzene rings is 5. The third-order valence-electron chi connectivity index (χ3n) is 26.1. The van der Waals surface area contributed by atoms with Crippen LogP contribution in [0.25, 0.3) is 88.1 Å². The molecule has 0 radical (unpaired) electrons. The van der Waals surface area contributed by atoms with Gasteiger partial charge in [-0.3, -0.25) is 74.0 Å². The molecule has 0 unspecified atom stereocenters. The van der Waals surface area contributed by atoms with Crippen molar-refractivity contribution in [2.75, 3.05) is 167 Å². The number of rotatable bonds is 32. The second-order valence-corrected chi connectivity index (χ2v) is 39.2. The fraction of sp³-hybridized carbons (Fsp3) is 0.292. The summed E-state index contributed by atoms with van der Waals surface area (Å²) in [5.41, 5.74) is 19.6. The van der Waals surface area contributed by atoms with E-state index >= 15 is 0 Å². The minimum atomic E-state index is -2.63. The van der Waals surface area contributed by atoms with Crippen LogP contribution in [0.2, 0.25) is 0 Å². The largest absolute Gasteiger partial charge is 0.456 e. The molecule has 5 aromatic carbocycles. The van der Waals surface area contributed by atoms with Crippen molar-refractivity contribution in [2.24, 2.45) is 0 Å². The molecular formula is C113H123F4N27O6. The van der Waals surface area contributed by atoms with E-state index in [0.717, 1.165) is 195 Å². The number of nitrogens with zero attached hydrogens (tertiary/aromatic N) is 19. The molecule has 3 aliphatic rings. The first kappa shape index (κ1) is 105. The quantitative estimate of drug-likeness (QED) is 0.0177. The number of aliphatic hydroxyl groups excluding tert-OH is 1. The Kier molecular flexibility index (Phi) is 33.9. The van der Waals surface area contributed by atoms with Crippen LogP contribution in [0.4, 0.5) is 51.9 Å². The minimum absolute atomic E-state index is 0.115. The number of carbonyl (C=O) groups is 4. The molecule has 150 heavy (non-hydrogen) atoms. The first-order chi connectivity index (χ1) is 72.3. The molecule has 0 spiro atoms. The van der Waals surface area contributed by atoms with Crippen LogP contribution in [0.1, 0.15) is 102 Å². The number of alkyl halides is 4. The minimum Gasteiger partial charge on any atom is -0.456 e. The van der Waals surface area contributed by atoms with Gasteiger partial charge in [0.1, 0.15) is 23.1 Å². The second-order valence-electron chi connectivity index (χ2n) is 39.2. The Balaban J connectivity index is 0.000000136. The lowest BCUT2D eigenvalue weighted by Crippen LogP contribution is -2.38. The van der Waals surface area contributed by atoms with Gasteiger partial charge in [0.05, 0.1) is 99.9 Å². The van der Waals surface area contributed by atoms with Gasteiger partial charge in [0.2, 0.25) is 0 Å². The van der Waals surface area contributed by atoms with Crippen molar-refractivity contribution < 1.29 is 46.6 Å². The highest BCUT2D eigenvalue weighted by Gasteiger charge is 2.39. The number of hydrogen-bond donors (Lipinski definition) is 9. The first-order valence-corrected chi connectivity index (χ1v) is 49.7. The summed E-state index contributed by atoms with van der Waals surface area (Å²) < 4.78 is 60.2. The molecule has 774 valence electrons. The third-order valence-corrected chi connectivity index (χ3v) is 26.1. The van der Waals surface area contributed by atoms with E-state index in [1.54, 1.807) is 79.3 Å². The molecule has 12 aromatic heterocycles. The number of aliphatic hydroxyl groups is 1. The second kappa shape index (κ2) is 48.3. The van der Waals surface area contributed by atoms with E-state index in [9.17, 15) is 41.8 Å². The summed E-state index contributed by atoms with van der Waals surface area (Å²) in [6.45, 7) is 9.41. The molecule has 20 rings (SSSR count). The number of halogens is 4. The van der Waals surface area contributed by atoms with E-state index in [1.807, 2.05) is 267 Å². The van der Waals surface area contributed by atoms with Crippen molar-refractivity contribution in [1.82, 2.24) is 105 Å². The number of para-hydroxylation sites is 1. The molecule has 17 aromatic rings. The molecule has 0 bridgehead atoms. The van der Waals surface area contributed by atoms with Gasteiger partial charge < -0.3 is 70.5 Å². The third kappa shape index (κ3) is 28.3. The molecular weight excluding hydrogens is 1910 g/mol. The fourth-order valence-corrected chi connectivity index (χ4v) is 17.9. The van der Waals surface area contributed by atoms with Crippen molar-refractivity contribution in [3.05, 3.63) is 313 Å². The van der Waals surface area contributed by atoms with Crippen LogP contribution in [0.5, 0.6) is 11.5 Å². The van der Waals surface area contributed by atoms with Gasteiger partial charge in [0.15, 0.2) is 11.4 Å². The van der Waals surface area contributed by atoms with Crippen molar-refractivity contribution >= 4 is 102 Å². The Labute approximate surface area is 867 Å². The zero-order valence-corrected chi connectivity index (χ0v) is 85.5. The summed E-state index contributed by atoms with van der Waals surface area (Å²) in [4.78, 5) is 113. The maximum absolute atomic E-state index is 13.6. The lowest BCUT2D eigenvalue weighted by atomic mass is 10.0. The van der Waals surface area contributed by atoms with E-state index in [4.69, 9.17) is 4.74 Å². The number of anilines is 6. The molecule has 4 amide bonds. The standard InChI is InChI=1S/C29H34F2N8O.C28H32F2N8O.C28H32N6O2.C28H25N5O2/c1-37(2)12-13-38(3)26-7-5-23(18-33-26)34-28(40)27-24-15-21(4-6-25(24)35-36-27)22-14-20(16-32-17-22)19-39-10-8-29(30,31)9-11-39;1-36(2)10-11-37(3)25-7-5-22(16-32-25)33-27(39)26-23-13-20(4-6-24(23)34-35-26)21-12-19(14-31-15-21)17-38-9-8-28(29,30)18-38;1-33(2)18-23-5-4-22(15-30-23)32-28(36)26-16-31-27-6-3-20(12-25(26)27)21-11-19(13-29-14-21)17-34-9-7-24(35)8-10-34;1-33(2)18-22-10-9-21(15-30-22)32-28(34)26-17-31-27-11-8-19(13-25(26)27)20-12-24(16-29-14-20)35-23-6-4-3-5-7-23/h4-7,14-18H,8-13,19H2,1-3H3,(H,34,40)(H,35,36);4-7,12-16H,8-11,17-18H2,1-3H3,(H,33,39)(H,34,35);3-6,11-16,24,31,35H,7-10,17-18H2,1-2H3,(H,32,36);3-17,31H,18H2,1-2H3,(H,32,34). The molecule has 0 atom stereocenters. The summed E-state index contributed by atoms with van der Waals surface area (Å²) in [6.07, 6.45) is 25.4. The number of likely N-dealkylation sites (tertiary alicyclic amines) is 3. The fourth-order valence-electron chi connectivity index (χ4n) is 17.9. The van der Waals surface area contributed by atoms with Crippen LogP contribution in [-0.2, 0) is 32.7 Å². The summed E-state index contributed by atoms with van der Waals surface area (Å²) in [6, 6.07) is 56.1. The lowest BCUT2D eigenvalue weighted by molar-refractivity contribution is -0.0566. The molecule has 37 heteroatoms. The van der Waals surface area contributed by atoms with Crippen molar-refractivity contribution in [3.63, 3.8) is 0 Å². The number of H-pyrrole nitrogens is 4. The highest BCUT2D eigenvalue weighted by atomic mass is 19.3. The number of pyridine rings is 8. The van der Waals surface area contributed by atoms with Gasteiger partial charge in [0.25, 0.3) is 35.5 Å². The van der Waals surface area contributed by atoms with Gasteiger partial charge in [-0.1, -0.05) is 42.5 Å². The summed E-state index contributed by atoms with van der Waals surface area (Å²) >= 11 is 0. The Hall–Kier alpha value is -16.0. The van der Waals surface area contributed by atoms with Gasteiger partial charge >= 0.3 is 0 Å². The number of likely N-dealkylation sites (N-methyl/N-ethyl adjacent to an activating group) is 4. The van der Waals surface area contributed by atoms with Gasteiger partial charge in [0, 0.05) is 236 Å². The van der Waals surface area contributed by atoms with Crippen molar-refractivity contribution in [1.29, 1.82) is 0 Å². The number of aromatic amines is 4. The van der Waals surface area contributed by atoms with Crippen LogP contribution in [0.15, 0.2) is 263 Å². The van der Waals surface area contributed by atoms with Crippen LogP contribution in [0, 0.1) is 0 Å². The average Bonchev–Trinajstić information content (AvgIpc) is 1.68. The SMILES string of the molecule is CN(C)CCN(C)c1ccc(NC(=O)c2n[nH]c3ccc(-c4cncc(CN5CCC(F)(F)C5)c4)cc23)cn1.CN(C)CCN(C)c1ccc(NC(=O)c2n[nH]c3ccc(-c4cncc(CN5CCC(F)(F)CC5)c4)cc23)cn1.CN(C)Cc1ccc(NC(=O)c2c[nH]c3ccc(-c4cncc(CN5CCC(O)CC5)c4)cc23)cn1.CN(C)Cc1ccc(NC(=O)c2c[nH]c3ccc(-c4cncc(Oc5ccccc5)c4)cc23)cn1. The number of amides is 4. The highest BCUT2D eigenvalue weighted by Crippen LogP contribution is 2.37. The van der Waals surface area contributed by atoms with Gasteiger partial charge in [-0.05, 0) is 242 Å². The zero-order valence-electron chi connectivity index (χ0n) is 85.5. The number of ether oxygens (including phenoxy) is 1. The molecule has 15 heterocycles. The number of aromatic nitrogens is 14. The van der Waals surface area contributed by atoms with Crippen LogP contribution >= 0.6 is 0 Å². The molecule has 3 saturated heterocycles. The predicted octanol–water partition coefficient (Wildman–Crippen LogP) is 18.2. The van der Waals surface area contributed by atoms with Crippen LogP contribution in [0.3, 0.4) is 0 Å². The van der Waals surface area contributed by atoms with E-state index in [-0.39, 0.29) is 66.9 Å². The topological polar surface area (TPSA) is 367 Å². The molecule has 33 nitrogen and oxygen atoms in total. The molecule has 0 aliphatic carbocycles. The summed E-state index contributed by atoms with van der Waals surface area (Å²) in [5, 5.41) is 38.8. The zero-order chi connectivity index (χ0) is 105. The number of carbonyl (C=O) groups excluding carboxylic acids is 4. The van der Waals surface area contributed by atoms with E-state index in [0.29, 0.717) is 83.1 Å². The predicted molar refractivity (Wildman–Crippen MR) is 580 cm³/mol. The number of fused-ring (bicyclic) bond motifs is 4. The van der Waals surface area contributed by atoms with Gasteiger partial charge in [-0.25, -0.2) is 27.5 Å². The summed E-state index contributed by atoms with van der Waals surface area (Å²) in [7, 11) is 20.0. The first-order valence-electron chi connectivity index (χ1n) is 49.7. The van der Waals surface area contributed by atoms with Crippen LogP contribution in [-0.4, -0.2) is 287 Å². The van der Waals surface area contributed by atoms with E-state index < -0.39 is 11.8 Å². The van der Waals surface area contributed by atoms with Crippen molar-refractivity contribution in [3.8, 4) is 56.0 Å². The molecule has 9 N–H and O–H groups in total. The smallest absolute Gasteiger partial charge is 0.276 e. The van der Waals surface area contributed by atoms with E-state index in [2.05, 4.69) is 122 Å². The maximum atomic E-state index is 13.6. The normalized spacial score (nSPS) is 14.3. The number of piperidine rings is 2. The Morgan fingerprint density at radius 1 is 0.373 bits per heavy atom. The number of nitrogens with one attached hydrogen (secondary N) is 8. The van der Waals surface area contributed by atoms with Gasteiger partial charge in [-0.15, -0.1) is 0 Å². The monoisotopic (exact) mass is 2030 g/mol. The van der Waals surface area contributed by atoms with Crippen molar-refractivity contribution in [2.45, 2.75) is 82.8 Å². The number of hydrogen-bond acceptors (Lipinski definition) is 25. The molecule has 0 saturated carbocycles. The van der Waals surface area contributed by atoms with E-state index in [1.165, 1.54) is 0 Å². The average molecular weight is 2030 g/mol. The highest BCUT2D eigenvalue weighted by molar-refractivity contribution is 6.16. The Morgan fingerprint density at radius 3 is 1.15 bits per heavy atom. The Bertz CT molecular complexity index is 7480. The molecule has 3 aliphatic heterocycles. The maximum Gasteiger partial charge on any atom is 0.276 e. The molecule has 3 fully saturated rings. The van der Waals surface area contributed by atoms with Gasteiger partial charge in [-0.2, -0.15) is 10.2 Å². The Morgan fingerprint density at radius 2 is 0.753 bits per heavy atom. The van der Waals surface area contributed by atoms with Crippen LogP contribution < -0.4 is 35.8 Å². The lowest BCUT2D eigenvalue weighted by Gasteiger charge is -2.31.